The zero-order valence-corrected chi connectivity index (χ0v) is 12.9. The quantitative estimate of drug-likeness (QED) is 0.837. The van der Waals surface area contributed by atoms with Crippen LogP contribution in [0, 0.1) is 5.92 Å². The van der Waals surface area contributed by atoms with Crippen LogP contribution in [0.15, 0.2) is 21.5 Å². The molecule has 0 aromatic carbocycles. The lowest BCUT2D eigenvalue weighted by Crippen LogP contribution is -2.36. The summed E-state index contributed by atoms with van der Waals surface area (Å²) in [4.78, 5) is 25.6. The molecule has 2 N–H and O–H groups in total. The molecule has 1 aromatic heterocycles. The molecule has 1 heterocycles. The third kappa shape index (κ3) is 5.57. The second-order valence-corrected chi connectivity index (χ2v) is 5.73. The monoisotopic (exact) mass is 330 g/mol. The average molecular weight is 331 g/mol. The fourth-order valence-corrected chi connectivity index (χ4v) is 1.78. The molecule has 0 saturated heterocycles. The summed E-state index contributed by atoms with van der Waals surface area (Å²) in [6, 6.07) is 1.41. The average Bonchev–Trinajstić information content (AvgIpc) is 2.32. The molecule has 5 nitrogen and oxygen atoms in total. The minimum Gasteiger partial charge on any atom is -0.379 e. The lowest BCUT2D eigenvalue weighted by Gasteiger charge is -2.15. The number of amides is 1. The minimum absolute atomic E-state index is 0.0862. The van der Waals surface area contributed by atoms with Crippen molar-refractivity contribution in [1.29, 1.82) is 0 Å². The molecule has 106 valence electrons. The van der Waals surface area contributed by atoms with Gasteiger partial charge in [-0.05, 0) is 34.8 Å². The largest absolute Gasteiger partial charge is 0.379 e. The van der Waals surface area contributed by atoms with Crippen molar-refractivity contribution in [3.63, 3.8) is 0 Å². The van der Waals surface area contributed by atoms with Gasteiger partial charge >= 0.3 is 0 Å². The summed E-state index contributed by atoms with van der Waals surface area (Å²) >= 11 is 3.09. The summed E-state index contributed by atoms with van der Waals surface area (Å²) in [6.07, 6.45) is 1.39. The van der Waals surface area contributed by atoms with Crippen LogP contribution in [0.2, 0.25) is 0 Å². The van der Waals surface area contributed by atoms with Gasteiger partial charge in [0.1, 0.15) is 0 Å². The van der Waals surface area contributed by atoms with Gasteiger partial charge in [0.15, 0.2) is 0 Å². The number of rotatable bonds is 6. The van der Waals surface area contributed by atoms with Crippen molar-refractivity contribution in [2.24, 2.45) is 5.92 Å². The summed E-state index contributed by atoms with van der Waals surface area (Å²) in [7, 11) is 0. The number of pyridine rings is 1. The standard InChI is InChI=1S/C13H19BrN2O3/c1-8(2)6-19-7-9(3)16-12(17)10-4-11(14)13(18)15-5-10/h4-5,8-9H,6-7H2,1-3H3,(H,15,18)(H,16,17)/t9-/m1/s1. The summed E-state index contributed by atoms with van der Waals surface area (Å²) in [5.41, 5.74) is 0.145. The highest BCUT2D eigenvalue weighted by Crippen LogP contribution is 2.05. The first kappa shape index (κ1) is 15.9. The van der Waals surface area contributed by atoms with Crippen LogP contribution >= 0.6 is 15.9 Å². The Kier molecular flexibility index (Phi) is 6.24. The molecule has 6 heteroatoms. The van der Waals surface area contributed by atoms with E-state index in [0.29, 0.717) is 29.2 Å². The number of aromatic amines is 1. The highest BCUT2D eigenvalue weighted by atomic mass is 79.9. The number of aromatic nitrogens is 1. The van der Waals surface area contributed by atoms with Gasteiger partial charge in [0, 0.05) is 18.8 Å². The van der Waals surface area contributed by atoms with E-state index in [1.165, 1.54) is 12.3 Å². The second kappa shape index (κ2) is 7.45. The Bertz CT molecular complexity index is 485. The van der Waals surface area contributed by atoms with Crippen molar-refractivity contribution in [3.8, 4) is 0 Å². The van der Waals surface area contributed by atoms with Crippen LogP contribution in [-0.4, -0.2) is 30.1 Å². The molecule has 0 bridgehead atoms. The van der Waals surface area contributed by atoms with Crippen molar-refractivity contribution < 1.29 is 9.53 Å². The Balaban J connectivity index is 2.49. The molecule has 0 saturated carbocycles. The van der Waals surface area contributed by atoms with Crippen molar-refractivity contribution in [1.82, 2.24) is 10.3 Å². The molecule has 1 rings (SSSR count). The van der Waals surface area contributed by atoms with E-state index >= 15 is 0 Å². The highest BCUT2D eigenvalue weighted by molar-refractivity contribution is 9.10. The Labute approximate surface area is 120 Å². The molecule has 1 amide bonds. The zero-order chi connectivity index (χ0) is 14.4. The lowest BCUT2D eigenvalue weighted by molar-refractivity contribution is 0.0791. The fourth-order valence-electron chi connectivity index (χ4n) is 1.42. The Morgan fingerprint density at radius 1 is 1.42 bits per heavy atom. The number of halogens is 1. The Hall–Kier alpha value is -1.14. The van der Waals surface area contributed by atoms with Crippen LogP contribution in [0.25, 0.3) is 0 Å². The van der Waals surface area contributed by atoms with E-state index in [1.807, 2.05) is 6.92 Å². The lowest BCUT2D eigenvalue weighted by atomic mass is 10.2. The zero-order valence-electron chi connectivity index (χ0n) is 11.3. The van der Waals surface area contributed by atoms with E-state index in [-0.39, 0.29) is 17.5 Å². The molecular weight excluding hydrogens is 312 g/mol. The van der Waals surface area contributed by atoms with E-state index in [9.17, 15) is 9.59 Å². The summed E-state index contributed by atoms with van der Waals surface area (Å²) < 4.78 is 5.79. The molecule has 0 aliphatic carbocycles. The first-order valence-electron chi connectivity index (χ1n) is 6.17. The number of carbonyl (C=O) groups excluding carboxylic acids is 1. The number of nitrogens with one attached hydrogen (secondary N) is 2. The maximum Gasteiger partial charge on any atom is 0.262 e. The van der Waals surface area contributed by atoms with Gasteiger partial charge in [-0.15, -0.1) is 0 Å². The smallest absolute Gasteiger partial charge is 0.262 e. The predicted octanol–water partition coefficient (Wildman–Crippen LogP) is 1.93. The van der Waals surface area contributed by atoms with Gasteiger partial charge in [-0.25, -0.2) is 0 Å². The summed E-state index contributed by atoms with van der Waals surface area (Å²) in [5.74, 6) is 0.232. The van der Waals surface area contributed by atoms with Crippen LogP contribution in [0.5, 0.6) is 0 Å². The topological polar surface area (TPSA) is 71.2 Å². The summed E-state index contributed by atoms with van der Waals surface area (Å²) in [5, 5.41) is 2.81. The van der Waals surface area contributed by atoms with Crippen molar-refractivity contribution in [2.45, 2.75) is 26.8 Å². The van der Waals surface area contributed by atoms with Crippen molar-refractivity contribution >= 4 is 21.8 Å². The molecular formula is C13H19BrN2O3. The van der Waals surface area contributed by atoms with Gasteiger partial charge in [-0.1, -0.05) is 13.8 Å². The van der Waals surface area contributed by atoms with E-state index < -0.39 is 0 Å². The number of carbonyl (C=O) groups is 1. The van der Waals surface area contributed by atoms with E-state index in [1.54, 1.807) is 0 Å². The van der Waals surface area contributed by atoms with Gasteiger partial charge in [-0.3, -0.25) is 9.59 Å². The van der Waals surface area contributed by atoms with Crippen LogP contribution in [0.1, 0.15) is 31.1 Å². The van der Waals surface area contributed by atoms with Gasteiger partial charge in [0.25, 0.3) is 11.5 Å². The van der Waals surface area contributed by atoms with Gasteiger partial charge < -0.3 is 15.0 Å². The number of hydrogen-bond donors (Lipinski definition) is 2. The molecule has 19 heavy (non-hydrogen) atoms. The SMILES string of the molecule is CC(C)COC[C@@H](C)NC(=O)c1c[nH]c(=O)c(Br)c1. The Morgan fingerprint density at radius 2 is 2.11 bits per heavy atom. The first-order valence-corrected chi connectivity index (χ1v) is 6.96. The van der Waals surface area contributed by atoms with Crippen molar-refractivity contribution in [2.75, 3.05) is 13.2 Å². The van der Waals surface area contributed by atoms with Crippen LogP contribution in [0.3, 0.4) is 0 Å². The number of hydrogen-bond acceptors (Lipinski definition) is 3. The predicted molar refractivity (Wildman–Crippen MR) is 77.3 cm³/mol. The maximum absolute atomic E-state index is 11.9. The molecule has 0 aliphatic heterocycles. The molecule has 1 atom stereocenters. The normalized spacial score (nSPS) is 12.5. The third-order valence-electron chi connectivity index (χ3n) is 2.32. The number of H-pyrrole nitrogens is 1. The van der Waals surface area contributed by atoms with Crippen LogP contribution < -0.4 is 10.9 Å². The Morgan fingerprint density at radius 3 is 2.68 bits per heavy atom. The molecule has 1 aromatic rings. The second-order valence-electron chi connectivity index (χ2n) is 4.87. The highest BCUT2D eigenvalue weighted by Gasteiger charge is 2.11. The maximum atomic E-state index is 11.9. The summed E-state index contributed by atoms with van der Waals surface area (Å²) in [6.45, 7) is 7.15. The first-order chi connectivity index (χ1) is 8.90. The van der Waals surface area contributed by atoms with E-state index in [0.717, 1.165) is 0 Å². The van der Waals surface area contributed by atoms with E-state index in [4.69, 9.17) is 4.74 Å². The third-order valence-corrected chi connectivity index (χ3v) is 2.91. The molecule has 0 unspecified atom stereocenters. The fraction of sp³-hybridized carbons (Fsp3) is 0.538. The van der Waals surface area contributed by atoms with Crippen molar-refractivity contribution in [3.05, 3.63) is 32.7 Å². The van der Waals surface area contributed by atoms with Crippen LogP contribution in [0.4, 0.5) is 0 Å². The van der Waals surface area contributed by atoms with Crippen LogP contribution in [-0.2, 0) is 4.74 Å². The molecule has 0 radical (unpaired) electrons. The van der Waals surface area contributed by atoms with E-state index in [2.05, 4.69) is 40.1 Å². The van der Waals surface area contributed by atoms with Gasteiger partial charge in [0.2, 0.25) is 0 Å². The molecule has 0 spiro atoms. The minimum atomic E-state index is -0.259. The molecule has 0 fully saturated rings. The molecule has 0 aliphatic rings. The van der Waals surface area contributed by atoms with Gasteiger partial charge in [0.05, 0.1) is 16.6 Å². The van der Waals surface area contributed by atoms with Gasteiger partial charge in [-0.2, -0.15) is 0 Å². The number of ether oxygens (including phenoxy) is 1.